The lowest BCUT2D eigenvalue weighted by atomic mass is 10.0. The van der Waals surface area contributed by atoms with Crippen molar-refractivity contribution in [3.8, 4) is 16.8 Å². The molecule has 2 aromatic heterocycles. The number of pyridine rings is 1. The Hall–Kier alpha value is -3.72. The Morgan fingerprint density at radius 2 is 1.67 bits per heavy atom. The second kappa shape index (κ2) is 6.39. The molecule has 1 N–H and O–H groups in total. The van der Waals surface area contributed by atoms with E-state index in [0.29, 0.717) is 0 Å². The lowest BCUT2D eigenvalue weighted by Gasteiger charge is -2.04. The van der Waals surface area contributed by atoms with Crippen LogP contribution in [0.15, 0.2) is 79.0 Å². The van der Waals surface area contributed by atoms with Gasteiger partial charge in [-0.15, -0.1) is 0 Å². The highest BCUT2D eigenvalue weighted by Crippen LogP contribution is 2.33. The molecule has 30 heavy (non-hydrogen) atoms. The van der Waals surface area contributed by atoms with Crippen LogP contribution in [0.2, 0.25) is 0 Å². The Balaban J connectivity index is 1.52. The number of carbonyl (C=O) groups is 1. The zero-order valence-electron chi connectivity index (χ0n) is 16.8. The van der Waals surface area contributed by atoms with Crippen molar-refractivity contribution >= 4 is 27.6 Å². The van der Waals surface area contributed by atoms with Crippen molar-refractivity contribution in [2.24, 2.45) is 0 Å². The van der Waals surface area contributed by atoms with E-state index in [1.165, 1.54) is 16.7 Å². The molecule has 0 spiro atoms. The van der Waals surface area contributed by atoms with E-state index in [1.54, 1.807) is 0 Å². The topological polar surface area (TPSA) is 36.7 Å². The summed E-state index contributed by atoms with van der Waals surface area (Å²) in [6.07, 6.45) is 4.29. The Morgan fingerprint density at radius 3 is 2.50 bits per heavy atom. The van der Waals surface area contributed by atoms with E-state index in [4.69, 9.17) is 0 Å². The molecule has 0 unspecified atom stereocenters. The molecular weight excluding hydrogens is 368 g/mol. The third-order valence-electron chi connectivity index (χ3n) is 6.16. The molecule has 3 heterocycles. The van der Waals surface area contributed by atoms with Gasteiger partial charge < -0.3 is 4.98 Å². The van der Waals surface area contributed by atoms with E-state index in [-0.39, 0.29) is 5.78 Å². The first-order valence-electron chi connectivity index (χ1n) is 10.5. The second-order valence-electron chi connectivity index (χ2n) is 8.00. The minimum atomic E-state index is 0.0782. The average Bonchev–Trinajstić information content (AvgIpc) is 3.30. The van der Waals surface area contributed by atoms with Gasteiger partial charge in [0.05, 0.1) is 0 Å². The molecule has 0 aliphatic carbocycles. The number of para-hydroxylation sites is 1. The first-order chi connectivity index (χ1) is 14.7. The van der Waals surface area contributed by atoms with Gasteiger partial charge in [0, 0.05) is 28.4 Å². The second-order valence-corrected chi connectivity index (χ2v) is 8.00. The number of fused-ring (bicyclic) bond motifs is 7. The summed E-state index contributed by atoms with van der Waals surface area (Å²) in [5, 5.41) is 2.23. The third kappa shape index (κ3) is 2.38. The summed E-state index contributed by atoms with van der Waals surface area (Å²) < 4.78 is 2.00. The SMILES string of the molecule is CCCc1ccc(-c2ccc3[nH]c4c5[n+](ccc4c3c2)-c2ccccc2C5=O)cc1. The van der Waals surface area contributed by atoms with Crippen LogP contribution >= 0.6 is 0 Å². The van der Waals surface area contributed by atoms with Crippen molar-refractivity contribution in [3.63, 3.8) is 0 Å². The average molecular weight is 389 g/mol. The van der Waals surface area contributed by atoms with Crippen molar-refractivity contribution in [2.75, 3.05) is 0 Å². The number of aryl methyl sites for hydroxylation is 1. The van der Waals surface area contributed by atoms with Crippen LogP contribution in [0.25, 0.3) is 38.6 Å². The quantitative estimate of drug-likeness (QED) is 0.384. The monoisotopic (exact) mass is 389 g/mol. The van der Waals surface area contributed by atoms with Crippen molar-refractivity contribution in [1.29, 1.82) is 0 Å². The number of nitrogens with one attached hydrogen (secondary N) is 1. The van der Waals surface area contributed by atoms with Gasteiger partial charge in [-0.05, 0) is 41.3 Å². The van der Waals surface area contributed by atoms with Crippen LogP contribution in [-0.4, -0.2) is 10.8 Å². The summed E-state index contributed by atoms with van der Waals surface area (Å²) in [5.41, 5.74) is 8.16. The summed E-state index contributed by atoms with van der Waals surface area (Å²) >= 11 is 0. The Bertz CT molecular complexity index is 1460. The van der Waals surface area contributed by atoms with Gasteiger partial charge in [0.25, 0.3) is 11.5 Å². The minimum absolute atomic E-state index is 0.0782. The molecule has 5 aromatic rings. The summed E-state index contributed by atoms with van der Waals surface area (Å²) in [6.45, 7) is 2.21. The molecule has 3 heteroatoms. The van der Waals surface area contributed by atoms with E-state index in [0.717, 1.165) is 51.6 Å². The first-order valence-corrected chi connectivity index (χ1v) is 10.5. The van der Waals surface area contributed by atoms with Gasteiger partial charge in [-0.25, -0.2) is 0 Å². The van der Waals surface area contributed by atoms with E-state index in [9.17, 15) is 4.79 Å². The summed E-state index contributed by atoms with van der Waals surface area (Å²) in [4.78, 5) is 16.6. The van der Waals surface area contributed by atoms with Crippen LogP contribution < -0.4 is 4.57 Å². The predicted octanol–water partition coefficient (Wildman–Crippen LogP) is 5.76. The number of aromatic amines is 1. The van der Waals surface area contributed by atoms with Gasteiger partial charge in [-0.2, -0.15) is 4.57 Å². The standard InChI is InChI=1S/C27H20N2O/c1-2-5-17-8-10-18(11-9-17)19-12-13-23-22(16-19)20-14-15-29-24-7-4-3-6-21(24)27(30)26(29)25(20)28-23/h3-4,6-16H,2,5H2,1H3/p+1. The molecule has 0 fully saturated rings. The molecule has 1 aliphatic rings. The predicted molar refractivity (Wildman–Crippen MR) is 120 cm³/mol. The van der Waals surface area contributed by atoms with Crippen molar-refractivity contribution in [2.45, 2.75) is 19.8 Å². The van der Waals surface area contributed by atoms with Gasteiger partial charge in [0.15, 0.2) is 6.20 Å². The fourth-order valence-electron chi connectivity index (χ4n) is 4.68. The van der Waals surface area contributed by atoms with Gasteiger partial charge in [-0.1, -0.05) is 55.8 Å². The molecule has 0 radical (unpaired) electrons. The normalized spacial score (nSPS) is 12.5. The smallest absolute Gasteiger partial charge is 0.284 e. The lowest BCUT2D eigenvalue weighted by molar-refractivity contribution is -0.592. The van der Waals surface area contributed by atoms with Crippen LogP contribution in [-0.2, 0) is 6.42 Å². The zero-order valence-corrected chi connectivity index (χ0v) is 16.8. The molecule has 0 saturated heterocycles. The zero-order chi connectivity index (χ0) is 20.2. The first kappa shape index (κ1) is 17.2. The lowest BCUT2D eigenvalue weighted by Crippen LogP contribution is -2.31. The van der Waals surface area contributed by atoms with E-state index in [2.05, 4.69) is 60.4 Å². The molecule has 3 aromatic carbocycles. The number of hydrogen-bond donors (Lipinski definition) is 1. The Kier molecular flexibility index (Phi) is 3.66. The molecule has 0 saturated carbocycles. The number of benzene rings is 3. The number of aromatic nitrogens is 2. The summed E-state index contributed by atoms with van der Waals surface area (Å²) in [7, 11) is 0. The molecule has 144 valence electrons. The van der Waals surface area contributed by atoms with Crippen molar-refractivity contribution in [1.82, 2.24) is 4.98 Å². The molecule has 3 nitrogen and oxygen atoms in total. The molecular formula is C27H21N2O+. The number of H-pyrrole nitrogens is 1. The molecule has 6 rings (SSSR count). The van der Waals surface area contributed by atoms with E-state index >= 15 is 0 Å². The molecule has 1 aliphatic heterocycles. The van der Waals surface area contributed by atoms with Crippen LogP contribution in [0, 0.1) is 0 Å². The number of carbonyl (C=O) groups excluding carboxylic acids is 1. The minimum Gasteiger partial charge on any atom is -0.349 e. The van der Waals surface area contributed by atoms with Gasteiger partial charge in [0.1, 0.15) is 11.1 Å². The van der Waals surface area contributed by atoms with Crippen LogP contribution in [0.5, 0.6) is 0 Å². The number of nitrogens with zero attached hydrogens (tertiary/aromatic N) is 1. The van der Waals surface area contributed by atoms with Gasteiger partial charge >= 0.3 is 0 Å². The molecule has 0 bridgehead atoms. The fourth-order valence-corrected chi connectivity index (χ4v) is 4.68. The molecule has 0 atom stereocenters. The summed E-state index contributed by atoms with van der Waals surface area (Å²) in [6, 6.07) is 25.3. The largest absolute Gasteiger partial charge is 0.349 e. The van der Waals surface area contributed by atoms with Crippen LogP contribution in [0.3, 0.4) is 0 Å². The highest BCUT2D eigenvalue weighted by Gasteiger charge is 2.37. The Morgan fingerprint density at radius 1 is 0.867 bits per heavy atom. The highest BCUT2D eigenvalue weighted by atomic mass is 16.1. The summed E-state index contributed by atoms with van der Waals surface area (Å²) in [5.74, 6) is 0.0782. The van der Waals surface area contributed by atoms with E-state index < -0.39 is 0 Å². The number of ketones is 1. The maximum absolute atomic E-state index is 13.1. The fraction of sp³-hybridized carbons (Fsp3) is 0.111. The van der Waals surface area contributed by atoms with Crippen molar-refractivity contribution in [3.05, 3.63) is 95.8 Å². The Labute approximate surface area is 174 Å². The maximum atomic E-state index is 13.1. The highest BCUT2D eigenvalue weighted by molar-refractivity contribution is 6.20. The molecule has 0 amide bonds. The maximum Gasteiger partial charge on any atom is 0.284 e. The van der Waals surface area contributed by atoms with E-state index in [1.807, 2.05) is 35.0 Å². The third-order valence-corrected chi connectivity index (χ3v) is 6.16. The van der Waals surface area contributed by atoms with Crippen LogP contribution in [0.4, 0.5) is 0 Å². The number of hydrogen-bond acceptors (Lipinski definition) is 1. The van der Waals surface area contributed by atoms with Crippen LogP contribution in [0.1, 0.15) is 35.0 Å². The number of rotatable bonds is 3. The van der Waals surface area contributed by atoms with Crippen molar-refractivity contribution < 1.29 is 9.36 Å². The van der Waals surface area contributed by atoms with Gasteiger partial charge in [0.2, 0.25) is 5.69 Å². The van der Waals surface area contributed by atoms with Gasteiger partial charge in [-0.3, -0.25) is 4.79 Å².